The van der Waals surface area contributed by atoms with Crippen molar-refractivity contribution in [2.45, 2.75) is 31.7 Å². The molecule has 0 spiro atoms. The summed E-state index contributed by atoms with van der Waals surface area (Å²) in [5, 5.41) is 0. The average Bonchev–Trinajstić information content (AvgIpc) is 2.25. The molecule has 96 valence electrons. The van der Waals surface area contributed by atoms with Crippen LogP contribution in [-0.2, 0) is 9.84 Å². The van der Waals surface area contributed by atoms with Gasteiger partial charge in [-0.1, -0.05) is 12.8 Å². The second-order valence-electron chi connectivity index (χ2n) is 4.96. The van der Waals surface area contributed by atoms with Gasteiger partial charge in [0.2, 0.25) is 0 Å². The molecule has 0 aromatic heterocycles. The fourth-order valence-corrected chi connectivity index (χ4v) is 3.14. The number of hydrogen-bond donors (Lipinski definition) is 1. The van der Waals surface area contributed by atoms with E-state index < -0.39 is 9.84 Å². The van der Waals surface area contributed by atoms with E-state index in [-0.39, 0.29) is 5.75 Å². The number of hydrogen-bond acceptors (Lipinski definition) is 4. The van der Waals surface area contributed by atoms with Crippen LogP contribution in [-0.4, -0.2) is 51.5 Å². The summed E-state index contributed by atoms with van der Waals surface area (Å²) in [4.78, 5) is 2.18. The van der Waals surface area contributed by atoms with Crippen molar-refractivity contribution >= 4 is 9.84 Å². The topological polar surface area (TPSA) is 63.4 Å². The minimum Gasteiger partial charge on any atom is -0.330 e. The number of nitrogens with zero attached hydrogens (tertiary/aromatic N) is 1. The molecule has 4 nitrogen and oxygen atoms in total. The molecule has 2 atom stereocenters. The van der Waals surface area contributed by atoms with Crippen molar-refractivity contribution in [3.05, 3.63) is 0 Å². The van der Waals surface area contributed by atoms with Gasteiger partial charge in [0.05, 0.1) is 5.75 Å². The van der Waals surface area contributed by atoms with Gasteiger partial charge in [-0.25, -0.2) is 8.42 Å². The van der Waals surface area contributed by atoms with E-state index in [4.69, 9.17) is 5.73 Å². The number of nitrogens with two attached hydrogens (primary N) is 1. The Bertz CT molecular complexity index is 303. The summed E-state index contributed by atoms with van der Waals surface area (Å²) in [7, 11) is -0.837. The lowest BCUT2D eigenvalue weighted by molar-refractivity contribution is 0.140. The van der Waals surface area contributed by atoms with E-state index in [1.165, 1.54) is 25.5 Å². The third-order valence-electron chi connectivity index (χ3n) is 3.55. The maximum Gasteiger partial charge on any atom is 0.148 e. The molecule has 16 heavy (non-hydrogen) atoms. The standard InChI is InChI=1S/C11H24N2O2S/c1-13(7-8-16(2,14)15)11-6-4-3-5-10(11)9-12/h10-11H,3-9,12H2,1-2H3. The van der Waals surface area contributed by atoms with Gasteiger partial charge in [0.1, 0.15) is 9.84 Å². The molecule has 0 aliphatic heterocycles. The highest BCUT2D eigenvalue weighted by Gasteiger charge is 2.27. The molecule has 5 heteroatoms. The zero-order chi connectivity index (χ0) is 12.2. The van der Waals surface area contributed by atoms with Gasteiger partial charge < -0.3 is 10.6 Å². The third kappa shape index (κ3) is 4.39. The molecule has 0 amide bonds. The molecule has 0 aromatic rings. The first-order chi connectivity index (χ1) is 7.44. The van der Waals surface area contributed by atoms with Crippen LogP contribution < -0.4 is 5.73 Å². The van der Waals surface area contributed by atoms with Crippen LogP contribution in [0.4, 0.5) is 0 Å². The first kappa shape index (κ1) is 13.9. The predicted molar refractivity (Wildman–Crippen MR) is 67.1 cm³/mol. The van der Waals surface area contributed by atoms with E-state index in [0.29, 0.717) is 25.0 Å². The highest BCUT2D eigenvalue weighted by molar-refractivity contribution is 7.90. The van der Waals surface area contributed by atoms with E-state index >= 15 is 0 Å². The van der Waals surface area contributed by atoms with Crippen molar-refractivity contribution in [2.24, 2.45) is 11.7 Å². The van der Waals surface area contributed by atoms with Crippen molar-refractivity contribution in [1.82, 2.24) is 4.90 Å². The summed E-state index contributed by atoms with van der Waals surface area (Å²) in [5.41, 5.74) is 5.77. The SMILES string of the molecule is CN(CCS(C)(=O)=O)C1CCCCC1CN. The van der Waals surface area contributed by atoms with Crippen LogP contribution in [0.1, 0.15) is 25.7 Å². The first-order valence-electron chi connectivity index (χ1n) is 6.02. The molecule has 2 N–H and O–H groups in total. The summed E-state index contributed by atoms with van der Waals surface area (Å²) in [5.74, 6) is 0.787. The van der Waals surface area contributed by atoms with E-state index in [0.717, 1.165) is 6.42 Å². The number of sulfone groups is 1. The first-order valence-corrected chi connectivity index (χ1v) is 8.08. The van der Waals surface area contributed by atoms with Gasteiger partial charge in [-0.3, -0.25) is 0 Å². The van der Waals surface area contributed by atoms with E-state index in [1.54, 1.807) is 0 Å². The van der Waals surface area contributed by atoms with Gasteiger partial charge in [0, 0.05) is 18.8 Å². The Hall–Kier alpha value is -0.130. The zero-order valence-corrected chi connectivity index (χ0v) is 11.2. The van der Waals surface area contributed by atoms with E-state index in [2.05, 4.69) is 4.90 Å². The average molecular weight is 248 g/mol. The second-order valence-corrected chi connectivity index (χ2v) is 7.22. The Kier molecular flexibility index (Phi) is 5.21. The molecular formula is C11H24N2O2S. The third-order valence-corrected chi connectivity index (χ3v) is 4.48. The Balaban J connectivity index is 2.47. The normalized spacial score (nSPS) is 27.2. The van der Waals surface area contributed by atoms with Gasteiger partial charge in [0.15, 0.2) is 0 Å². The summed E-state index contributed by atoms with van der Waals surface area (Å²) in [6.45, 7) is 1.34. The molecule has 1 aliphatic rings. The lowest BCUT2D eigenvalue weighted by Crippen LogP contribution is -2.44. The van der Waals surface area contributed by atoms with Crippen LogP contribution in [0, 0.1) is 5.92 Å². The Morgan fingerprint density at radius 1 is 1.31 bits per heavy atom. The lowest BCUT2D eigenvalue weighted by atomic mass is 9.84. The Morgan fingerprint density at radius 2 is 1.94 bits per heavy atom. The molecule has 1 saturated carbocycles. The molecule has 1 rings (SSSR count). The molecule has 0 saturated heterocycles. The van der Waals surface area contributed by atoms with Crippen LogP contribution in [0.2, 0.25) is 0 Å². The maximum atomic E-state index is 11.1. The van der Waals surface area contributed by atoms with Crippen LogP contribution in [0.25, 0.3) is 0 Å². The monoisotopic (exact) mass is 248 g/mol. The van der Waals surface area contributed by atoms with Crippen LogP contribution >= 0.6 is 0 Å². The highest BCUT2D eigenvalue weighted by atomic mass is 32.2. The maximum absolute atomic E-state index is 11.1. The van der Waals surface area contributed by atoms with Crippen molar-refractivity contribution < 1.29 is 8.42 Å². The van der Waals surface area contributed by atoms with Crippen molar-refractivity contribution in [3.8, 4) is 0 Å². The molecule has 1 aliphatic carbocycles. The second kappa shape index (κ2) is 5.98. The summed E-state index contributed by atoms with van der Waals surface area (Å²) in [6.07, 6.45) is 6.14. The molecule has 0 radical (unpaired) electrons. The molecule has 0 heterocycles. The summed E-state index contributed by atoms with van der Waals surface area (Å²) >= 11 is 0. The Morgan fingerprint density at radius 3 is 2.50 bits per heavy atom. The van der Waals surface area contributed by atoms with E-state index in [1.807, 2.05) is 7.05 Å². The van der Waals surface area contributed by atoms with Gasteiger partial charge >= 0.3 is 0 Å². The van der Waals surface area contributed by atoms with Gasteiger partial charge in [-0.05, 0) is 32.4 Å². The molecule has 0 bridgehead atoms. The van der Waals surface area contributed by atoms with Crippen LogP contribution in [0.15, 0.2) is 0 Å². The molecular weight excluding hydrogens is 224 g/mol. The highest BCUT2D eigenvalue weighted by Crippen LogP contribution is 2.26. The minimum atomic E-state index is -2.85. The quantitative estimate of drug-likeness (QED) is 0.768. The Labute approximate surface area is 99.1 Å². The van der Waals surface area contributed by atoms with Crippen molar-refractivity contribution in [3.63, 3.8) is 0 Å². The van der Waals surface area contributed by atoms with Crippen LogP contribution in [0.3, 0.4) is 0 Å². The fraction of sp³-hybridized carbons (Fsp3) is 1.00. The summed E-state index contributed by atoms with van der Waals surface area (Å²) in [6, 6.07) is 0.473. The lowest BCUT2D eigenvalue weighted by Gasteiger charge is -2.37. The van der Waals surface area contributed by atoms with Crippen LogP contribution in [0.5, 0.6) is 0 Å². The molecule has 0 aromatic carbocycles. The van der Waals surface area contributed by atoms with E-state index in [9.17, 15) is 8.42 Å². The largest absolute Gasteiger partial charge is 0.330 e. The van der Waals surface area contributed by atoms with Gasteiger partial charge in [-0.15, -0.1) is 0 Å². The molecule has 1 fully saturated rings. The zero-order valence-electron chi connectivity index (χ0n) is 10.4. The molecule has 2 unspecified atom stereocenters. The van der Waals surface area contributed by atoms with Gasteiger partial charge in [0.25, 0.3) is 0 Å². The van der Waals surface area contributed by atoms with Gasteiger partial charge in [-0.2, -0.15) is 0 Å². The van der Waals surface area contributed by atoms with Crippen molar-refractivity contribution in [2.75, 3.05) is 32.1 Å². The van der Waals surface area contributed by atoms with Crippen molar-refractivity contribution in [1.29, 1.82) is 0 Å². The number of rotatable bonds is 5. The minimum absolute atomic E-state index is 0.247. The summed E-state index contributed by atoms with van der Waals surface area (Å²) < 4.78 is 22.2. The smallest absolute Gasteiger partial charge is 0.148 e. The predicted octanol–water partition coefficient (Wildman–Crippen LogP) is 0.480. The fourth-order valence-electron chi connectivity index (χ4n) is 2.52.